The van der Waals surface area contributed by atoms with Gasteiger partial charge in [0.1, 0.15) is 0 Å². The van der Waals surface area contributed by atoms with Gasteiger partial charge in [0.05, 0.1) is 22.4 Å². The molecule has 0 saturated heterocycles. The predicted octanol–water partition coefficient (Wildman–Crippen LogP) is 11.9. The highest BCUT2D eigenvalue weighted by Gasteiger charge is 2.17. The molecule has 3 heterocycles. The topological polar surface area (TPSA) is 17.8 Å². The van der Waals surface area contributed by atoms with Crippen LogP contribution in [0.15, 0.2) is 152 Å². The van der Waals surface area contributed by atoms with Crippen LogP contribution in [-0.4, -0.2) is 9.55 Å². The van der Waals surface area contributed by atoms with Gasteiger partial charge in [0.15, 0.2) is 0 Å². The summed E-state index contributed by atoms with van der Waals surface area (Å²) in [7, 11) is 0. The zero-order valence-electron chi connectivity index (χ0n) is 24.7. The van der Waals surface area contributed by atoms with Crippen molar-refractivity contribution in [3.8, 4) is 39.3 Å². The molecule has 2 nitrogen and oxygen atoms in total. The zero-order chi connectivity index (χ0) is 29.9. The third kappa shape index (κ3) is 4.20. The molecule has 0 atom stereocenters. The molecule has 0 amide bonds. The van der Waals surface area contributed by atoms with Crippen LogP contribution >= 0.6 is 11.3 Å². The third-order valence-corrected chi connectivity index (χ3v) is 10.1. The molecule has 0 radical (unpaired) electrons. The average molecular weight is 593 g/mol. The first-order valence-corrected chi connectivity index (χ1v) is 16.1. The number of aromatic nitrogens is 2. The van der Waals surface area contributed by atoms with Crippen molar-refractivity contribution in [2.24, 2.45) is 0 Å². The Kier molecular flexibility index (Phi) is 5.93. The summed E-state index contributed by atoms with van der Waals surface area (Å²) >= 11 is 1.87. The Morgan fingerprint density at radius 2 is 1.16 bits per heavy atom. The van der Waals surface area contributed by atoms with E-state index in [0.717, 1.165) is 28.2 Å². The molecular formula is C42H28N2S. The minimum absolute atomic E-state index is 0.980. The first kappa shape index (κ1) is 25.9. The lowest BCUT2D eigenvalue weighted by atomic mass is 9.94. The highest BCUT2D eigenvalue weighted by Crippen LogP contribution is 2.41. The van der Waals surface area contributed by atoms with E-state index in [2.05, 4.69) is 163 Å². The molecular weight excluding hydrogens is 565 g/mol. The van der Waals surface area contributed by atoms with Gasteiger partial charge >= 0.3 is 0 Å². The quantitative estimate of drug-likeness (QED) is 0.199. The van der Waals surface area contributed by atoms with E-state index in [-0.39, 0.29) is 0 Å². The Morgan fingerprint density at radius 1 is 0.489 bits per heavy atom. The Balaban J connectivity index is 1.22. The maximum Gasteiger partial charge on any atom is 0.0744 e. The van der Waals surface area contributed by atoms with Crippen LogP contribution in [0.3, 0.4) is 0 Å². The van der Waals surface area contributed by atoms with Gasteiger partial charge in [-0.15, -0.1) is 11.3 Å². The summed E-state index contributed by atoms with van der Waals surface area (Å²) in [5, 5.41) is 5.21. The van der Waals surface area contributed by atoms with Crippen molar-refractivity contribution in [3.63, 3.8) is 0 Å². The molecule has 0 spiro atoms. The highest BCUT2D eigenvalue weighted by molar-refractivity contribution is 7.25. The maximum atomic E-state index is 5.24. The standard InChI is InChI=1S/C42H28N2S/c1-27-34(28-12-4-2-5-13-28)25-37(29-14-6-3-7-15-29)43-42(27)30-20-22-31(23-21-30)44-38-18-10-8-16-32(38)35-24-36-33-17-9-11-19-40(33)45-41(36)26-39(35)44/h2-26H,1H3. The molecule has 0 saturated carbocycles. The molecule has 0 aliphatic carbocycles. The third-order valence-electron chi connectivity index (χ3n) is 9.00. The van der Waals surface area contributed by atoms with Crippen LogP contribution in [0.4, 0.5) is 0 Å². The van der Waals surface area contributed by atoms with E-state index in [1.807, 2.05) is 11.3 Å². The molecule has 0 N–H and O–H groups in total. The van der Waals surface area contributed by atoms with E-state index in [1.54, 1.807) is 0 Å². The fraction of sp³-hybridized carbons (Fsp3) is 0.0238. The van der Waals surface area contributed by atoms with Crippen molar-refractivity contribution in [3.05, 3.63) is 157 Å². The number of hydrogen-bond acceptors (Lipinski definition) is 2. The lowest BCUT2D eigenvalue weighted by Gasteiger charge is -2.15. The fourth-order valence-electron chi connectivity index (χ4n) is 6.80. The Labute approximate surface area is 265 Å². The normalized spacial score (nSPS) is 11.7. The van der Waals surface area contributed by atoms with Gasteiger partial charge in [-0.3, -0.25) is 0 Å². The number of benzene rings is 6. The van der Waals surface area contributed by atoms with Gasteiger partial charge in [-0.25, -0.2) is 4.98 Å². The maximum absolute atomic E-state index is 5.24. The van der Waals surface area contributed by atoms with Crippen LogP contribution in [-0.2, 0) is 0 Å². The Bertz CT molecular complexity index is 2520. The average Bonchev–Trinajstić information content (AvgIpc) is 3.63. The summed E-state index contributed by atoms with van der Waals surface area (Å²) < 4.78 is 5.06. The second-order valence-corrected chi connectivity index (χ2v) is 12.7. The van der Waals surface area contributed by atoms with Gasteiger partial charge in [-0.2, -0.15) is 0 Å². The Hall–Kier alpha value is -5.51. The molecule has 6 aromatic carbocycles. The number of rotatable bonds is 4. The number of para-hydroxylation sites is 1. The summed E-state index contributed by atoms with van der Waals surface area (Å²) in [5.74, 6) is 0. The molecule has 0 bridgehead atoms. The highest BCUT2D eigenvalue weighted by atomic mass is 32.1. The monoisotopic (exact) mass is 592 g/mol. The minimum atomic E-state index is 0.980. The molecule has 9 rings (SSSR count). The van der Waals surface area contributed by atoms with Crippen molar-refractivity contribution < 1.29 is 0 Å². The summed E-state index contributed by atoms with van der Waals surface area (Å²) in [6.45, 7) is 2.19. The molecule has 0 fully saturated rings. The van der Waals surface area contributed by atoms with Gasteiger partial charge < -0.3 is 4.57 Å². The van der Waals surface area contributed by atoms with Crippen LogP contribution in [0.25, 0.3) is 81.3 Å². The van der Waals surface area contributed by atoms with Crippen molar-refractivity contribution in [2.75, 3.05) is 0 Å². The number of nitrogens with zero attached hydrogens (tertiary/aromatic N) is 2. The molecule has 3 heteroatoms. The lowest BCUT2D eigenvalue weighted by Crippen LogP contribution is -1.97. The lowest BCUT2D eigenvalue weighted by molar-refractivity contribution is 1.18. The van der Waals surface area contributed by atoms with Crippen molar-refractivity contribution in [2.45, 2.75) is 6.92 Å². The second kappa shape index (κ2) is 10.3. The van der Waals surface area contributed by atoms with Gasteiger partial charge in [0.25, 0.3) is 0 Å². The molecule has 0 aliphatic heterocycles. The minimum Gasteiger partial charge on any atom is -0.309 e. The molecule has 0 aliphatic rings. The van der Waals surface area contributed by atoms with Crippen LogP contribution in [0.2, 0.25) is 0 Å². The van der Waals surface area contributed by atoms with Gasteiger partial charge in [-0.05, 0) is 66.1 Å². The summed E-state index contributed by atoms with van der Waals surface area (Å²) in [6.07, 6.45) is 0. The number of hydrogen-bond donors (Lipinski definition) is 0. The predicted molar refractivity (Wildman–Crippen MR) is 193 cm³/mol. The van der Waals surface area contributed by atoms with E-state index in [9.17, 15) is 0 Å². The van der Waals surface area contributed by atoms with E-state index in [0.29, 0.717) is 0 Å². The first-order valence-electron chi connectivity index (χ1n) is 15.3. The van der Waals surface area contributed by atoms with Crippen LogP contribution < -0.4 is 0 Å². The van der Waals surface area contributed by atoms with Crippen molar-refractivity contribution in [1.29, 1.82) is 0 Å². The molecule has 9 aromatic rings. The van der Waals surface area contributed by atoms with Crippen LogP contribution in [0.5, 0.6) is 0 Å². The largest absolute Gasteiger partial charge is 0.309 e. The zero-order valence-corrected chi connectivity index (χ0v) is 25.6. The summed E-state index contributed by atoms with van der Waals surface area (Å²) in [5.41, 5.74) is 11.4. The van der Waals surface area contributed by atoms with E-state index in [4.69, 9.17) is 4.98 Å². The van der Waals surface area contributed by atoms with Gasteiger partial charge in [-0.1, -0.05) is 109 Å². The fourth-order valence-corrected chi connectivity index (χ4v) is 7.92. The first-order chi connectivity index (χ1) is 22.2. The van der Waals surface area contributed by atoms with Crippen molar-refractivity contribution >= 4 is 53.3 Å². The van der Waals surface area contributed by atoms with E-state index in [1.165, 1.54) is 58.7 Å². The van der Waals surface area contributed by atoms with Crippen molar-refractivity contribution in [1.82, 2.24) is 9.55 Å². The van der Waals surface area contributed by atoms with E-state index >= 15 is 0 Å². The number of pyridine rings is 1. The second-order valence-electron chi connectivity index (χ2n) is 11.6. The van der Waals surface area contributed by atoms with Crippen LogP contribution in [0.1, 0.15) is 5.56 Å². The SMILES string of the molecule is Cc1c(-c2ccccc2)cc(-c2ccccc2)nc1-c1ccc(-n2c3ccccc3c3cc4c(cc32)sc2ccccc24)cc1. The molecule has 45 heavy (non-hydrogen) atoms. The smallest absolute Gasteiger partial charge is 0.0744 e. The molecule has 0 unspecified atom stereocenters. The van der Waals surface area contributed by atoms with Gasteiger partial charge in [0.2, 0.25) is 0 Å². The van der Waals surface area contributed by atoms with Crippen LogP contribution in [0, 0.1) is 6.92 Å². The molecule has 212 valence electrons. The Morgan fingerprint density at radius 3 is 1.93 bits per heavy atom. The molecule has 3 aromatic heterocycles. The van der Waals surface area contributed by atoms with Gasteiger partial charge in [0, 0.05) is 47.8 Å². The van der Waals surface area contributed by atoms with E-state index < -0.39 is 0 Å². The summed E-state index contributed by atoms with van der Waals surface area (Å²) in [6, 6.07) is 54.5. The number of thiophene rings is 1. The summed E-state index contributed by atoms with van der Waals surface area (Å²) in [4.78, 5) is 5.24. The number of fused-ring (bicyclic) bond motifs is 6.